The van der Waals surface area contributed by atoms with Crippen LogP contribution < -0.4 is 25.6 Å². The number of anilines is 3. The van der Waals surface area contributed by atoms with Gasteiger partial charge in [-0.3, -0.25) is 0 Å². The smallest absolute Gasteiger partial charge is 0.179 e. The zero-order valence-corrected chi connectivity index (χ0v) is 32.2. The highest BCUT2D eigenvalue weighted by atomic mass is 28.3. The minimum Gasteiger partial charge on any atom is -0.453 e. The molecule has 3 heteroatoms. The van der Waals surface area contributed by atoms with E-state index in [4.69, 9.17) is 4.42 Å². The molecule has 0 N–H and O–H groups in total. The van der Waals surface area contributed by atoms with Crippen molar-refractivity contribution in [2.24, 2.45) is 0 Å². The fourth-order valence-corrected chi connectivity index (χ4v) is 13.9. The third kappa shape index (κ3) is 5.31. The second-order valence-electron chi connectivity index (χ2n) is 14.8. The summed E-state index contributed by atoms with van der Waals surface area (Å²) in [7, 11) is -2.71. The number of nitrogens with zero attached hydrogens (tertiary/aromatic N) is 1. The van der Waals surface area contributed by atoms with Crippen LogP contribution in [0.4, 0.5) is 17.1 Å². The number of benzene rings is 10. The molecule has 57 heavy (non-hydrogen) atoms. The molecule has 0 bridgehead atoms. The van der Waals surface area contributed by atoms with Crippen LogP contribution in [0.2, 0.25) is 0 Å². The number of furan rings is 1. The van der Waals surface area contributed by atoms with Gasteiger partial charge in [0.15, 0.2) is 13.7 Å². The average Bonchev–Trinajstić information content (AvgIpc) is 3.68. The largest absolute Gasteiger partial charge is 0.453 e. The standard InChI is InChI=1S/C54H37NOSi/c1-4-17-43(18-5-1)57(44-19-6-2-7-20-44,45-21-8-3-9-22-45)46-33-30-41(31-34-46)55(42-32-36-48-40(37-42)28-27-38-15-10-12-23-47(38)48)52-26-14-25-50-51-35-29-39-16-11-13-24-49(39)53(51)56-54(50)52/h1-37H. The van der Waals surface area contributed by atoms with Crippen molar-refractivity contribution in [3.05, 3.63) is 224 Å². The molecule has 0 unspecified atom stereocenters. The van der Waals surface area contributed by atoms with E-state index >= 15 is 0 Å². The van der Waals surface area contributed by atoms with Crippen LogP contribution in [0.3, 0.4) is 0 Å². The summed E-state index contributed by atoms with van der Waals surface area (Å²) in [4.78, 5) is 2.38. The van der Waals surface area contributed by atoms with Gasteiger partial charge in [0.1, 0.15) is 5.58 Å². The molecule has 11 rings (SSSR count). The van der Waals surface area contributed by atoms with Gasteiger partial charge in [-0.1, -0.05) is 188 Å². The molecule has 2 nitrogen and oxygen atoms in total. The van der Waals surface area contributed by atoms with Crippen LogP contribution in [0.25, 0.3) is 54.3 Å². The van der Waals surface area contributed by atoms with E-state index in [0.29, 0.717) is 0 Å². The van der Waals surface area contributed by atoms with Crippen molar-refractivity contribution < 1.29 is 4.42 Å². The third-order valence-corrected chi connectivity index (χ3v) is 16.6. The molecule has 1 aromatic heterocycles. The summed E-state index contributed by atoms with van der Waals surface area (Å²) < 4.78 is 6.98. The van der Waals surface area contributed by atoms with Gasteiger partial charge in [0, 0.05) is 27.5 Å². The Hall–Kier alpha value is -7.20. The Morgan fingerprint density at radius 3 is 1.42 bits per heavy atom. The maximum absolute atomic E-state index is 6.98. The molecule has 0 saturated carbocycles. The summed E-state index contributed by atoms with van der Waals surface area (Å²) in [6, 6.07) is 82.1. The summed E-state index contributed by atoms with van der Waals surface area (Å²) >= 11 is 0. The van der Waals surface area contributed by atoms with Gasteiger partial charge in [-0.05, 0) is 84.1 Å². The highest BCUT2D eigenvalue weighted by Crippen LogP contribution is 2.44. The van der Waals surface area contributed by atoms with Gasteiger partial charge in [-0.15, -0.1) is 0 Å². The van der Waals surface area contributed by atoms with E-state index in [0.717, 1.165) is 44.4 Å². The highest BCUT2D eigenvalue weighted by Gasteiger charge is 2.41. The molecule has 11 aromatic rings. The van der Waals surface area contributed by atoms with E-state index in [1.54, 1.807) is 0 Å². The maximum atomic E-state index is 6.98. The molecule has 0 amide bonds. The molecule has 0 radical (unpaired) electrons. The highest BCUT2D eigenvalue weighted by molar-refractivity contribution is 7.19. The zero-order chi connectivity index (χ0) is 37.8. The second-order valence-corrected chi connectivity index (χ2v) is 18.7. The van der Waals surface area contributed by atoms with Crippen LogP contribution in [0.1, 0.15) is 0 Å². The Kier molecular flexibility index (Phi) is 7.87. The van der Waals surface area contributed by atoms with Gasteiger partial charge in [0.05, 0.1) is 5.69 Å². The monoisotopic (exact) mass is 743 g/mol. The summed E-state index contributed by atoms with van der Waals surface area (Å²) in [5.41, 5.74) is 4.92. The lowest BCUT2D eigenvalue weighted by atomic mass is 10.0. The lowest BCUT2D eigenvalue weighted by molar-refractivity contribution is 0.673. The van der Waals surface area contributed by atoms with E-state index in [9.17, 15) is 0 Å². The molecule has 268 valence electrons. The topological polar surface area (TPSA) is 16.4 Å². The molecule has 0 aliphatic heterocycles. The Bertz CT molecular complexity index is 3130. The molecule has 1 heterocycles. The predicted octanol–water partition coefficient (Wildman–Crippen LogP) is 11.9. The van der Waals surface area contributed by atoms with Crippen molar-refractivity contribution in [1.82, 2.24) is 0 Å². The normalized spacial score (nSPS) is 11.9. The maximum Gasteiger partial charge on any atom is 0.179 e. The van der Waals surface area contributed by atoms with Gasteiger partial charge in [-0.2, -0.15) is 0 Å². The molecule has 0 saturated heterocycles. The van der Waals surface area contributed by atoms with Gasteiger partial charge in [0.2, 0.25) is 0 Å². The molecule has 0 spiro atoms. The number of hydrogen-bond donors (Lipinski definition) is 0. The van der Waals surface area contributed by atoms with E-state index in [-0.39, 0.29) is 0 Å². The van der Waals surface area contributed by atoms with Crippen LogP contribution in [0.15, 0.2) is 229 Å². The number of fused-ring (bicyclic) bond motifs is 8. The molecule has 10 aromatic carbocycles. The van der Waals surface area contributed by atoms with Gasteiger partial charge >= 0.3 is 0 Å². The zero-order valence-electron chi connectivity index (χ0n) is 31.2. The van der Waals surface area contributed by atoms with Crippen LogP contribution in [0, 0.1) is 0 Å². The average molecular weight is 744 g/mol. The molecule has 0 atom stereocenters. The fourth-order valence-electron chi connectivity index (χ4n) is 9.18. The van der Waals surface area contributed by atoms with E-state index < -0.39 is 8.07 Å². The lowest BCUT2D eigenvalue weighted by Crippen LogP contribution is -2.74. The predicted molar refractivity (Wildman–Crippen MR) is 245 cm³/mol. The van der Waals surface area contributed by atoms with Crippen LogP contribution in [-0.2, 0) is 0 Å². The first-order chi connectivity index (χ1) is 28.3. The summed E-state index contributed by atoms with van der Waals surface area (Å²) in [5.74, 6) is 0. The Morgan fingerprint density at radius 1 is 0.298 bits per heavy atom. The Balaban J connectivity index is 1.15. The number of rotatable bonds is 7. The molecular weight excluding hydrogens is 707 g/mol. The second kappa shape index (κ2) is 13.5. The molecular formula is C54H37NOSi. The first-order valence-corrected chi connectivity index (χ1v) is 21.6. The summed E-state index contributed by atoms with van der Waals surface area (Å²) in [6.07, 6.45) is 0. The van der Waals surface area contributed by atoms with Crippen molar-refractivity contribution in [2.45, 2.75) is 0 Å². The third-order valence-electron chi connectivity index (χ3n) is 11.8. The minimum absolute atomic E-state index is 0.869. The first kappa shape index (κ1) is 33.2. The van der Waals surface area contributed by atoms with E-state index in [2.05, 4.69) is 229 Å². The van der Waals surface area contributed by atoms with E-state index in [1.807, 2.05) is 0 Å². The SMILES string of the molecule is c1ccc([Si](c2ccccc2)(c2ccccc2)c2ccc(N(c3ccc4c(ccc5ccccc54)c3)c3cccc4c3oc3c5ccccc5ccc43)cc2)cc1. The summed E-state index contributed by atoms with van der Waals surface area (Å²) in [6.45, 7) is 0. The quantitative estimate of drug-likeness (QED) is 0.0918. The van der Waals surface area contributed by atoms with E-state index in [1.165, 1.54) is 47.7 Å². The van der Waals surface area contributed by atoms with Crippen LogP contribution >= 0.6 is 0 Å². The van der Waals surface area contributed by atoms with Crippen molar-refractivity contribution in [3.8, 4) is 0 Å². The lowest BCUT2D eigenvalue weighted by Gasteiger charge is -2.35. The fraction of sp³-hybridized carbons (Fsp3) is 0. The van der Waals surface area contributed by atoms with Gasteiger partial charge < -0.3 is 9.32 Å². The minimum atomic E-state index is -2.71. The Morgan fingerprint density at radius 2 is 0.754 bits per heavy atom. The molecule has 0 aliphatic carbocycles. The molecule has 0 aliphatic rings. The first-order valence-electron chi connectivity index (χ1n) is 19.6. The Labute approximate surface area is 332 Å². The van der Waals surface area contributed by atoms with Crippen molar-refractivity contribution in [1.29, 1.82) is 0 Å². The van der Waals surface area contributed by atoms with Crippen molar-refractivity contribution in [3.63, 3.8) is 0 Å². The van der Waals surface area contributed by atoms with Crippen molar-refractivity contribution >= 4 is 100 Å². The van der Waals surface area contributed by atoms with Gasteiger partial charge in [-0.25, -0.2) is 0 Å². The summed E-state index contributed by atoms with van der Waals surface area (Å²) in [5, 5.41) is 14.8. The number of para-hydroxylation sites is 1. The number of hydrogen-bond acceptors (Lipinski definition) is 2. The van der Waals surface area contributed by atoms with Crippen LogP contribution in [0.5, 0.6) is 0 Å². The molecule has 0 fully saturated rings. The van der Waals surface area contributed by atoms with Crippen LogP contribution in [-0.4, -0.2) is 8.07 Å². The van der Waals surface area contributed by atoms with Crippen molar-refractivity contribution in [2.75, 3.05) is 4.90 Å². The van der Waals surface area contributed by atoms with Gasteiger partial charge in [0.25, 0.3) is 0 Å².